The Labute approximate surface area is 199 Å². The van der Waals surface area contributed by atoms with E-state index in [2.05, 4.69) is 16.9 Å². The normalized spacial score (nSPS) is 15.9. The van der Waals surface area contributed by atoms with Gasteiger partial charge in [-0.05, 0) is 38.6 Å². The first-order valence-corrected chi connectivity index (χ1v) is 13.0. The summed E-state index contributed by atoms with van der Waals surface area (Å²) in [6, 6.07) is 5.00. The third-order valence-electron chi connectivity index (χ3n) is 5.89. The lowest BCUT2D eigenvalue weighted by Gasteiger charge is -2.31. The third kappa shape index (κ3) is 4.42. The SMILES string of the molecule is CCCn1c(-c2cc(S(=O)(=O)N3CCN(C)CC3)ccc2OCC)nc2cnn(C)c2c1=S. The molecule has 0 spiro atoms. The molecule has 0 atom stereocenters. The Morgan fingerprint density at radius 2 is 1.85 bits per heavy atom. The summed E-state index contributed by atoms with van der Waals surface area (Å²) < 4.78 is 38.6. The van der Waals surface area contributed by atoms with Crippen LogP contribution in [0, 0.1) is 4.64 Å². The number of hydrogen-bond donors (Lipinski definition) is 0. The predicted molar refractivity (Wildman–Crippen MR) is 130 cm³/mol. The molecule has 178 valence electrons. The first-order valence-electron chi connectivity index (χ1n) is 11.2. The summed E-state index contributed by atoms with van der Waals surface area (Å²) >= 11 is 5.81. The smallest absolute Gasteiger partial charge is 0.243 e. The highest BCUT2D eigenvalue weighted by Gasteiger charge is 2.29. The van der Waals surface area contributed by atoms with Gasteiger partial charge in [0.15, 0.2) is 0 Å². The van der Waals surface area contributed by atoms with Crippen LogP contribution in [0.25, 0.3) is 22.4 Å². The molecule has 4 rings (SSSR count). The highest BCUT2D eigenvalue weighted by atomic mass is 32.2. The molecule has 3 aromatic rings. The Morgan fingerprint density at radius 3 is 2.52 bits per heavy atom. The highest BCUT2D eigenvalue weighted by molar-refractivity contribution is 7.89. The van der Waals surface area contributed by atoms with Gasteiger partial charge in [-0.3, -0.25) is 4.68 Å². The van der Waals surface area contributed by atoms with E-state index in [1.54, 1.807) is 33.4 Å². The molecule has 11 heteroatoms. The molecule has 0 bridgehead atoms. The van der Waals surface area contributed by atoms with E-state index in [0.29, 0.717) is 66.6 Å². The summed E-state index contributed by atoms with van der Waals surface area (Å²) in [5.41, 5.74) is 2.05. The van der Waals surface area contributed by atoms with Gasteiger partial charge in [-0.25, -0.2) is 13.4 Å². The molecule has 1 aliphatic rings. The van der Waals surface area contributed by atoms with Gasteiger partial charge < -0.3 is 14.2 Å². The number of aryl methyl sites for hydroxylation is 1. The van der Waals surface area contributed by atoms with Crippen LogP contribution in [-0.4, -0.2) is 76.8 Å². The van der Waals surface area contributed by atoms with Crippen molar-refractivity contribution in [3.8, 4) is 17.1 Å². The zero-order valence-corrected chi connectivity index (χ0v) is 21.1. The number of ether oxygens (including phenoxy) is 1. The van der Waals surface area contributed by atoms with Crippen LogP contribution in [-0.2, 0) is 23.6 Å². The monoisotopic (exact) mass is 490 g/mol. The van der Waals surface area contributed by atoms with Gasteiger partial charge in [-0.15, -0.1) is 0 Å². The largest absolute Gasteiger partial charge is 0.493 e. The fraction of sp³-hybridized carbons (Fsp3) is 0.500. The fourth-order valence-electron chi connectivity index (χ4n) is 4.09. The van der Waals surface area contributed by atoms with Gasteiger partial charge in [-0.1, -0.05) is 19.1 Å². The molecule has 1 aromatic carbocycles. The Hall–Kier alpha value is -2.34. The summed E-state index contributed by atoms with van der Waals surface area (Å²) in [6.07, 6.45) is 2.52. The van der Waals surface area contributed by atoms with E-state index in [-0.39, 0.29) is 4.90 Å². The quantitative estimate of drug-likeness (QED) is 0.471. The molecule has 1 fully saturated rings. The number of aromatic nitrogens is 4. The van der Waals surface area contributed by atoms with Crippen molar-refractivity contribution < 1.29 is 13.2 Å². The van der Waals surface area contributed by atoms with Gasteiger partial charge in [0, 0.05) is 39.8 Å². The molecule has 2 aromatic heterocycles. The van der Waals surface area contributed by atoms with Crippen LogP contribution in [0.5, 0.6) is 5.75 Å². The minimum Gasteiger partial charge on any atom is -0.493 e. The summed E-state index contributed by atoms with van der Waals surface area (Å²) in [5.74, 6) is 1.16. The molecule has 0 aliphatic carbocycles. The average Bonchev–Trinajstić information content (AvgIpc) is 3.17. The van der Waals surface area contributed by atoms with Crippen molar-refractivity contribution in [2.24, 2.45) is 7.05 Å². The van der Waals surface area contributed by atoms with E-state index in [0.717, 1.165) is 11.9 Å². The number of sulfonamides is 1. The Morgan fingerprint density at radius 1 is 1.12 bits per heavy atom. The van der Waals surface area contributed by atoms with Crippen molar-refractivity contribution in [3.63, 3.8) is 0 Å². The van der Waals surface area contributed by atoms with Gasteiger partial charge in [0.25, 0.3) is 0 Å². The number of rotatable bonds is 7. The number of likely N-dealkylation sites (N-methyl/N-ethyl adjacent to an activating group) is 1. The highest BCUT2D eigenvalue weighted by Crippen LogP contribution is 2.34. The van der Waals surface area contributed by atoms with Crippen molar-refractivity contribution in [1.82, 2.24) is 28.5 Å². The molecule has 0 N–H and O–H groups in total. The maximum Gasteiger partial charge on any atom is 0.243 e. The topological polar surface area (TPSA) is 85.5 Å². The molecular weight excluding hydrogens is 460 g/mol. The molecule has 0 amide bonds. The first-order chi connectivity index (χ1) is 15.8. The minimum absolute atomic E-state index is 0.229. The van der Waals surface area contributed by atoms with Crippen molar-refractivity contribution in [3.05, 3.63) is 29.0 Å². The number of benzene rings is 1. The Balaban J connectivity index is 1.91. The maximum atomic E-state index is 13.4. The van der Waals surface area contributed by atoms with E-state index in [9.17, 15) is 8.42 Å². The molecule has 0 unspecified atom stereocenters. The second-order valence-electron chi connectivity index (χ2n) is 8.19. The van der Waals surface area contributed by atoms with E-state index in [1.165, 1.54) is 0 Å². The van der Waals surface area contributed by atoms with Crippen LogP contribution in [0.15, 0.2) is 29.3 Å². The van der Waals surface area contributed by atoms with Crippen LogP contribution in [0.1, 0.15) is 20.3 Å². The zero-order chi connectivity index (χ0) is 23.8. The Kier molecular flexibility index (Phi) is 6.85. The molecule has 33 heavy (non-hydrogen) atoms. The summed E-state index contributed by atoms with van der Waals surface area (Å²) in [5, 5.41) is 4.31. The van der Waals surface area contributed by atoms with Crippen molar-refractivity contribution in [2.75, 3.05) is 39.8 Å². The van der Waals surface area contributed by atoms with Crippen LogP contribution >= 0.6 is 12.2 Å². The Bertz CT molecular complexity index is 1320. The molecule has 1 aliphatic heterocycles. The van der Waals surface area contributed by atoms with Crippen LogP contribution < -0.4 is 4.74 Å². The standard InChI is InChI=1S/C22H30N6O3S2/c1-5-9-28-21(24-18-15-23-26(4)20(18)22(28)32)17-14-16(7-8-19(17)31-6-2)33(29,30)27-12-10-25(3)11-13-27/h7-8,14-15H,5-6,9-13H2,1-4H3. The van der Waals surface area contributed by atoms with Gasteiger partial charge in [0.2, 0.25) is 10.0 Å². The average molecular weight is 491 g/mol. The predicted octanol–water partition coefficient (Wildman–Crippen LogP) is 2.91. The maximum absolute atomic E-state index is 13.4. The van der Waals surface area contributed by atoms with Crippen molar-refractivity contribution in [1.29, 1.82) is 0 Å². The van der Waals surface area contributed by atoms with Gasteiger partial charge in [0.1, 0.15) is 27.2 Å². The van der Waals surface area contributed by atoms with Crippen LogP contribution in [0.2, 0.25) is 0 Å². The number of nitrogens with zero attached hydrogens (tertiary/aromatic N) is 6. The lowest BCUT2D eigenvalue weighted by Crippen LogP contribution is -2.47. The van der Waals surface area contributed by atoms with Gasteiger partial charge >= 0.3 is 0 Å². The zero-order valence-electron chi connectivity index (χ0n) is 19.5. The van der Waals surface area contributed by atoms with Crippen LogP contribution in [0.3, 0.4) is 0 Å². The minimum atomic E-state index is -3.65. The van der Waals surface area contributed by atoms with E-state index >= 15 is 0 Å². The molecule has 0 saturated carbocycles. The lowest BCUT2D eigenvalue weighted by atomic mass is 10.1. The molecular formula is C22H30N6O3S2. The van der Waals surface area contributed by atoms with E-state index in [1.807, 2.05) is 25.6 Å². The number of fused-ring (bicyclic) bond motifs is 1. The summed E-state index contributed by atoms with van der Waals surface area (Å²) in [6.45, 7) is 7.40. The van der Waals surface area contributed by atoms with Gasteiger partial charge in [0.05, 0.1) is 23.3 Å². The molecule has 0 radical (unpaired) electrons. The molecule has 1 saturated heterocycles. The second kappa shape index (κ2) is 9.49. The third-order valence-corrected chi connectivity index (χ3v) is 8.20. The van der Waals surface area contributed by atoms with E-state index in [4.69, 9.17) is 21.9 Å². The van der Waals surface area contributed by atoms with E-state index < -0.39 is 10.0 Å². The van der Waals surface area contributed by atoms with Gasteiger partial charge in [-0.2, -0.15) is 9.40 Å². The molecule has 3 heterocycles. The lowest BCUT2D eigenvalue weighted by molar-refractivity contribution is 0.222. The summed E-state index contributed by atoms with van der Waals surface area (Å²) in [7, 11) is 0.186. The number of hydrogen-bond acceptors (Lipinski definition) is 7. The van der Waals surface area contributed by atoms with Crippen LogP contribution in [0.4, 0.5) is 0 Å². The second-order valence-corrected chi connectivity index (χ2v) is 10.5. The summed E-state index contributed by atoms with van der Waals surface area (Å²) in [4.78, 5) is 7.21. The van der Waals surface area contributed by atoms with Crippen molar-refractivity contribution in [2.45, 2.75) is 31.7 Å². The van der Waals surface area contributed by atoms with Crippen molar-refractivity contribution >= 4 is 33.3 Å². The molecule has 9 nitrogen and oxygen atoms in total. The number of piperazine rings is 1. The fourth-order valence-corrected chi connectivity index (χ4v) is 5.96. The first kappa shape index (κ1) is 23.8.